The van der Waals surface area contributed by atoms with Crippen molar-refractivity contribution in [3.8, 4) is 16.9 Å². The second-order valence-electron chi connectivity index (χ2n) is 5.90. The van der Waals surface area contributed by atoms with E-state index in [4.69, 9.17) is 34.8 Å². The lowest BCUT2D eigenvalue weighted by molar-refractivity contribution is 0.0685. The number of hydrogen-bond donors (Lipinski definition) is 1. The molecule has 1 N–H and O–H groups in total. The maximum Gasteiger partial charge on any atom is 0.357 e. The van der Waals surface area contributed by atoms with Gasteiger partial charge in [0.2, 0.25) is 0 Å². The number of benzene rings is 2. The number of carboxylic acid groups (broad SMARTS) is 1. The summed E-state index contributed by atoms with van der Waals surface area (Å²) in [6.07, 6.45) is 0. The molecule has 1 aromatic heterocycles. The van der Waals surface area contributed by atoms with Gasteiger partial charge >= 0.3 is 5.97 Å². The fourth-order valence-corrected chi connectivity index (χ4v) is 5.48. The van der Waals surface area contributed by atoms with Gasteiger partial charge in [-0.25, -0.2) is 17.9 Å². The van der Waals surface area contributed by atoms with Gasteiger partial charge in [0.15, 0.2) is 15.5 Å². The van der Waals surface area contributed by atoms with E-state index in [1.807, 2.05) is 0 Å². The highest BCUT2D eigenvalue weighted by Crippen LogP contribution is 2.42. The van der Waals surface area contributed by atoms with Crippen molar-refractivity contribution in [3.05, 3.63) is 62.7 Å². The lowest BCUT2D eigenvalue weighted by atomic mass is 10.0. The normalized spacial score (nSPS) is 14.5. The Bertz CT molecular complexity index is 1240. The van der Waals surface area contributed by atoms with Crippen molar-refractivity contribution in [1.29, 1.82) is 0 Å². The lowest BCUT2D eigenvalue weighted by Gasteiger charge is -2.19. The molecule has 10 heteroatoms. The van der Waals surface area contributed by atoms with Crippen LogP contribution >= 0.6 is 34.8 Å². The summed E-state index contributed by atoms with van der Waals surface area (Å²) in [5, 5.41) is 14.5. The van der Waals surface area contributed by atoms with Crippen LogP contribution in [0, 0.1) is 0 Å². The lowest BCUT2D eigenvalue weighted by Crippen LogP contribution is -2.16. The minimum absolute atomic E-state index is 0.134. The van der Waals surface area contributed by atoms with Gasteiger partial charge in [0.1, 0.15) is 4.90 Å². The van der Waals surface area contributed by atoms with E-state index in [-0.39, 0.29) is 21.4 Å². The van der Waals surface area contributed by atoms with E-state index < -0.39 is 21.5 Å². The van der Waals surface area contributed by atoms with Gasteiger partial charge in [0.05, 0.1) is 22.2 Å². The third-order valence-electron chi connectivity index (χ3n) is 4.16. The van der Waals surface area contributed by atoms with Crippen molar-refractivity contribution in [2.75, 3.05) is 0 Å². The fraction of sp³-hybridized carbons (Fsp3) is 0.0588. The highest BCUT2D eigenvalue weighted by molar-refractivity contribution is 7.91. The van der Waals surface area contributed by atoms with E-state index in [9.17, 15) is 18.3 Å². The summed E-state index contributed by atoms with van der Waals surface area (Å²) in [4.78, 5) is 11.4. The zero-order valence-electron chi connectivity index (χ0n) is 13.3. The predicted octanol–water partition coefficient (Wildman–Crippen LogP) is 4.49. The van der Waals surface area contributed by atoms with E-state index in [1.54, 1.807) is 30.3 Å². The summed E-state index contributed by atoms with van der Waals surface area (Å²) in [5.41, 5.74) is 0.863. The second kappa shape index (κ2) is 6.24. The Morgan fingerprint density at radius 3 is 2.41 bits per heavy atom. The average Bonchev–Trinajstić information content (AvgIpc) is 2.96. The Morgan fingerprint density at radius 1 is 1.07 bits per heavy atom. The van der Waals surface area contributed by atoms with Crippen molar-refractivity contribution in [2.24, 2.45) is 0 Å². The van der Waals surface area contributed by atoms with E-state index in [2.05, 4.69) is 5.10 Å². The van der Waals surface area contributed by atoms with Crippen LogP contribution < -0.4 is 0 Å². The van der Waals surface area contributed by atoms with Gasteiger partial charge in [-0.3, -0.25) is 0 Å². The van der Waals surface area contributed by atoms with Gasteiger partial charge < -0.3 is 5.11 Å². The average molecular weight is 444 g/mol. The molecular weight excluding hydrogens is 435 g/mol. The molecule has 0 radical (unpaired) electrons. The van der Waals surface area contributed by atoms with Crippen LogP contribution in [0.25, 0.3) is 16.9 Å². The van der Waals surface area contributed by atoms with Crippen molar-refractivity contribution in [1.82, 2.24) is 9.78 Å². The molecule has 138 valence electrons. The van der Waals surface area contributed by atoms with Gasteiger partial charge in [0.25, 0.3) is 0 Å². The van der Waals surface area contributed by atoms with Crippen LogP contribution in [0.3, 0.4) is 0 Å². The number of rotatable bonds is 2. The van der Waals surface area contributed by atoms with Gasteiger partial charge in [-0.15, -0.1) is 0 Å². The Kier molecular flexibility index (Phi) is 4.23. The molecule has 0 spiro atoms. The van der Waals surface area contributed by atoms with Crippen LogP contribution in [0.15, 0.2) is 41.3 Å². The topological polar surface area (TPSA) is 89.3 Å². The number of aromatic nitrogens is 2. The van der Waals surface area contributed by atoms with Crippen LogP contribution in [0.1, 0.15) is 16.1 Å². The molecule has 1 aliphatic rings. The highest BCUT2D eigenvalue weighted by Gasteiger charge is 2.38. The second-order valence-corrected chi connectivity index (χ2v) is 9.11. The van der Waals surface area contributed by atoms with Crippen LogP contribution in [-0.4, -0.2) is 29.3 Å². The number of carboxylic acids is 1. The van der Waals surface area contributed by atoms with Gasteiger partial charge in [-0.05, 0) is 35.9 Å². The van der Waals surface area contributed by atoms with Gasteiger partial charge in [0, 0.05) is 15.6 Å². The quantitative estimate of drug-likeness (QED) is 0.630. The molecule has 27 heavy (non-hydrogen) atoms. The third-order valence-corrected chi connectivity index (χ3v) is 6.63. The van der Waals surface area contributed by atoms with Crippen molar-refractivity contribution in [2.45, 2.75) is 10.6 Å². The molecule has 2 heterocycles. The number of carbonyl (C=O) groups is 1. The minimum Gasteiger partial charge on any atom is -0.476 e. The molecular formula is C17H9Cl3N2O4S. The zero-order chi connectivity index (χ0) is 19.5. The predicted molar refractivity (Wildman–Crippen MR) is 102 cm³/mol. The molecule has 0 saturated heterocycles. The molecule has 0 aliphatic carbocycles. The number of sulfone groups is 1. The van der Waals surface area contributed by atoms with E-state index in [0.717, 1.165) is 0 Å². The number of aromatic carboxylic acids is 1. The molecule has 0 fully saturated rings. The van der Waals surface area contributed by atoms with Gasteiger partial charge in [-0.1, -0.05) is 40.9 Å². The standard InChI is InChI=1S/C17H9Cl3N2O4S/c18-9-1-3-11-8(5-9)7-27(25,26)16-14(17(23)24)21-22(15(11)16)13-4-2-10(19)6-12(13)20/h1-6H,7H2,(H,23,24). The van der Waals surface area contributed by atoms with E-state index in [0.29, 0.717) is 26.9 Å². The summed E-state index contributed by atoms with van der Waals surface area (Å²) < 4.78 is 26.9. The van der Waals surface area contributed by atoms with Crippen LogP contribution in [-0.2, 0) is 15.6 Å². The first-order valence-electron chi connectivity index (χ1n) is 7.52. The van der Waals surface area contributed by atoms with Crippen LogP contribution in [0.2, 0.25) is 15.1 Å². The first-order chi connectivity index (χ1) is 12.7. The first kappa shape index (κ1) is 18.3. The fourth-order valence-electron chi connectivity index (χ4n) is 3.09. The van der Waals surface area contributed by atoms with E-state index >= 15 is 0 Å². The molecule has 0 bridgehead atoms. The number of nitrogens with zero attached hydrogens (tertiary/aromatic N) is 2. The maximum absolute atomic E-state index is 12.8. The van der Waals surface area contributed by atoms with Crippen LogP contribution in [0.4, 0.5) is 0 Å². The van der Waals surface area contributed by atoms with Crippen molar-refractivity contribution >= 4 is 50.6 Å². The SMILES string of the molecule is O=C(O)c1nn(-c2ccc(Cl)cc2Cl)c2c1S(=O)(=O)Cc1cc(Cl)ccc1-2. The number of hydrogen-bond acceptors (Lipinski definition) is 4. The first-order valence-corrected chi connectivity index (χ1v) is 10.3. The van der Waals surface area contributed by atoms with Crippen LogP contribution in [0.5, 0.6) is 0 Å². The minimum atomic E-state index is -3.95. The number of fused-ring (bicyclic) bond motifs is 3. The molecule has 0 amide bonds. The Labute approximate surface area is 168 Å². The Hall–Kier alpha value is -2.06. The molecule has 6 nitrogen and oxygen atoms in total. The molecule has 2 aromatic carbocycles. The molecule has 4 rings (SSSR count). The highest BCUT2D eigenvalue weighted by atomic mass is 35.5. The maximum atomic E-state index is 12.8. The summed E-state index contributed by atoms with van der Waals surface area (Å²) in [7, 11) is -3.95. The summed E-state index contributed by atoms with van der Waals surface area (Å²) in [6, 6.07) is 9.34. The van der Waals surface area contributed by atoms with Gasteiger partial charge in [-0.2, -0.15) is 5.10 Å². The van der Waals surface area contributed by atoms with Crippen molar-refractivity contribution < 1.29 is 18.3 Å². The summed E-state index contributed by atoms with van der Waals surface area (Å²) >= 11 is 18.2. The Morgan fingerprint density at radius 2 is 1.74 bits per heavy atom. The molecule has 0 saturated carbocycles. The molecule has 0 unspecified atom stereocenters. The Balaban J connectivity index is 2.15. The molecule has 0 atom stereocenters. The molecule has 3 aromatic rings. The largest absolute Gasteiger partial charge is 0.476 e. The van der Waals surface area contributed by atoms with Crippen molar-refractivity contribution in [3.63, 3.8) is 0 Å². The summed E-state index contributed by atoms with van der Waals surface area (Å²) in [5.74, 6) is -1.81. The summed E-state index contributed by atoms with van der Waals surface area (Å²) in [6.45, 7) is 0. The molecule has 1 aliphatic heterocycles. The zero-order valence-corrected chi connectivity index (χ0v) is 16.4. The third kappa shape index (κ3) is 2.91. The van der Waals surface area contributed by atoms with E-state index in [1.165, 1.54) is 10.7 Å². The number of halogens is 3. The monoisotopic (exact) mass is 442 g/mol. The smallest absolute Gasteiger partial charge is 0.357 e.